The molecule has 0 radical (unpaired) electrons. The summed E-state index contributed by atoms with van der Waals surface area (Å²) < 4.78 is 0.920. The Morgan fingerprint density at radius 1 is 1.09 bits per heavy atom. The molecule has 0 saturated heterocycles. The van der Waals surface area contributed by atoms with Gasteiger partial charge in [0.25, 0.3) is 5.91 Å². The van der Waals surface area contributed by atoms with E-state index in [0.717, 1.165) is 33.3 Å². The van der Waals surface area contributed by atoms with Gasteiger partial charge in [-0.25, -0.2) is 0 Å². The van der Waals surface area contributed by atoms with Gasteiger partial charge in [-0.2, -0.15) is 0 Å². The molecule has 3 aromatic rings. The van der Waals surface area contributed by atoms with E-state index in [9.17, 15) is 9.90 Å². The highest BCUT2D eigenvalue weighted by Crippen LogP contribution is 2.52. The highest BCUT2D eigenvalue weighted by molar-refractivity contribution is 9.10. The van der Waals surface area contributed by atoms with E-state index < -0.39 is 0 Å². The van der Waals surface area contributed by atoms with E-state index in [1.807, 2.05) is 61.5 Å². The van der Waals surface area contributed by atoms with Crippen LogP contribution in [0.2, 0.25) is 0 Å². The number of para-hydroxylation sites is 1. The van der Waals surface area contributed by atoms with Crippen molar-refractivity contribution in [1.29, 1.82) is 0 Å². The molecule has 32 heavy (non-hydrogen) atoms. The van der Waals surface area contributed by atoms with Crippen molar-refractivity contribution in [1.82, 2.24) is 5.32 Å². The lowest BCUT2D eigenvalue weighted by molar-refractivity contribution is 0.0940. The van der Waals surface area contributed by atoms with Crippen LogP contribution in [-0.2, 0) is 0 Å². The summed E-state index contributed by atoms with van der Waals surface area (Å²) in [5, 5.41) is 17.4. The Labute approximate surface area is 196 Å². The molecule has 0 fully saturated rings. The van der Waals surface area contributed by atoms with Gasteiger partial charge in [0.15, 0.2) is 0 Å². The van der Waals surface area contributed by atoms with Crippen molar-refractivity contribution in [2.75, 3.05) is 5.32 Å². The molecular formula is C27H25BrN2O2. The van der Waals surface area contributed by atoms with Gasteiger partial charge in [0.05, 0.1) is 23.3 Å². The van der Waals surface area contributed by atoms with Gasteiger partial charge in [0, 0.05) is 16.0 Å². The molecule has 5 rings (SSSR count). The Morgan fingerprint density at radius 3 is 2.72 bits per heavy atom. The molecule has 1 aliphatic carbocycles. The molecule has 4 atom stereocenters. The van der Waals surface area contributed by atoms with Crippen molar-refractivity contribution in [2.24, 2.45) is 5.92 Å². The third-order valence-electron chi connectivity index (χ3n) is 6.61. The summed E-state index contributed by atoms with van der Waals surface area (Å²) in [5.41, 5.74) is 4.52. The van der Waals surface area contributed by atoms with Gasteiger partial charge in [-0.15, -0.1) is 0 Å². The fraction of sp³-hybridized carbons (Fsp3) is 0.222. The van der Waals surface area contributed by atoms with Crippen LogP contribution >= 0.6 is 15.9 Å². The first-order valence-corrected chi connectivity index (χ1v) is 11.7. The molecule has 4 unspecified atom stereocenters. The van der Waals surface area contributed by atoms with Crippen molar-refractivity contribution in [3.8, 4) is 5.75 Å². The van der Waals surface area contributed by atoms with Crippen LogP contribution in [0.3, 0.4) is 0 Å². The van der Waals surface area contributed by atoms with Crippen LogP contribution in [0.15, 0.2) is 83.4 Å². The number of halogens is 1. The third-order valence-corrected chi connectivity index (χ3v) is 7.11. The van der Waals surface area contributed by atoms with E-state index in [1.54, 1.807) is 6.07 Å². The standard InChI is InChI=1S/C27H25BrN2O2/c1-16(17-7-3-2-4-8-17)29-27(32)22-12-6-11-20-19-9-5-10-21(19)26(30-25(20)22)23-15-18(28)13-14-24(23)31/h2-9,11-16,19,21,26,30-31H,10H2,1H3,(H,29,32). The van der Waals surface area contributed by atoms with Crippen LogP contribution in [0.25, 0.3) is 0 Å². The first-order valence-electron chi connectivity index (χ1n) is 10.9. The summed E-state index contributed by atoms with van der Waals surface area (Å²) >= 11 is 3.54. The van der Waals surface area contributed by atoms with Gasteiger partial charge in [-0.3, -0.25) is 4.79 Å². The number of phenols is 1. The third kappa shape index (κ3) is 3.71. The van der Waals surface area contributed by atoms with Crippen molar-refractivity contribution in [2.45, 2.75) is 31.3 Å². The molecule has 4 nitrogen and oxygen atoms in total. The van der Waals surface area contributed by atoms with Gasteiger partial charge in [0.1, 0.15) is 5.75 Å². The van der Waals surface area contributed by atoms with Crippen LogP contribution in [0.1, 0.15) is 58.4 Å². The average molecular weight is 489 g/mol. The quantitative estimate of drug-likeness (QED) is 0.368. The number of amides is 1. The molecule has 0 aromatic heterocycles. The summed E-state index contributed by atoms with van der Waals surface area (Å²) in [6.45, 7) is 1.99. The second-order valence-corrected chi connectivity index (χ2v) is 9.47. The number of phenolic OH excluding ortho intramolecular Hbond substituents is 1. The van der Waals surface area contributed by atoms with E-state index in [2.05, 4.69) is 44.8 Å². The molecule has 0 saturated carbocycles. The number of fused-ring (bicyclic) bond motifs is 3. The maximum absolute atomic E-state index is 13.3. The van der Waals surface area contributed by atoms with E-state index in [0.29, 0.717) is 5.56 Å². The van der Waals surface area contributed by atoms with Crippen LogP contribution < -0.4 is 10.6 Å². The average Bonchev–Trinajstić information content (AvgIpc) is 3.30. The Bertz CT molecular complexity index is 1190. The number of nitrogens with one attached hydrogen (secondary N) is 2. The van der Waals surface area contributed by atoms with Gasteiger partial charge >= 0.3 is 0 Å². The number of carbonyl (C=O) groups is 1. The number of hydrogen-bond acceptors (Lipinski definition) is 3. The fourth-order valence-corrected chi connectivity index (χ4v) is 5.37. The highest BCUT2D eigenvalue weighted by atomic mass is 79.9. The van der Waals surface area contributed by atoms with Crippen molar-refractivity contribution in [3.63, 3.8) is 0 Å². The SMILES string of the molecule is CC(NC(=O)c1cccc2c1NC(c1cc(Br)ccc1O)C1CC=CC21)c1ccccc1. The lowest BCUT2D eigenvalue weighted by Gasteiger charge is -2.38. The lowest BCUT2D eigenvalue weighted by Crippen LogP contribution is -2.33. The number of allylic oxidation sites excluding steroid dienone is 2. The normalized spacial score (nSPS) is 21.9. The van der Waals surface area contributed by atoms with Gasteiger partial charge in [-0.05, 0) is 54.7 Å². The number of hydrogen-bond donors (Lipinski definition) is 3. The van der Waals surface area contributed by atoms with Crippen LogP contribution in [-0.4, -0.2) is 11.0 Å². The monoisotopic (exact) mass is 488 g/mol. The zero-order valence-corrected chi connectivity index (χ0v) is 19.3. The second-order valence-electron chi connectivity index (χ2n) is 8.55. The Hall–Kier alpha value is -3.05. The number of anilines is 1. The predicted molar refractivity (Wildman–Crippen MR) is 131 cm³/mol. The molecule has 1 amide bonds. The Balaban J connectivity index is 1.51. The lowest BCUT2D eigenvalue weighted by atomic mass is 9.76. The van der Waals surface area contributed by atoms with Crippen molar-refractivity contribution >= 4 is 27.5 Å². The van der Waals surface area contributed by atoms with Crippen LogP contribution in [0, 0.1) is 5.92 Å². The van der Waals surface area contributed by atoms with Gasteiger partial charge in [0.2, 0.25) is 0 Å². The molecule has 3 aromatic carbocycles. The second kappa shape index (κ2) is 8.47. The van der Waals surface area contributed by atoms with Crippen molar-refractivity contribution in [3.05, 3.63) is 106 Å². The summed E-state index contributed by atoms with van der Waals surface area (Å²) in [5.74, 6) is 0.640. The minimum Gasteiger partial charge on any atom is -0.508 e. The molecule has 1 aliphatic heterocycles. The van der Waals surface area contributed by atoms with E-state index in [1.165, 1.54) is 0 Å². The minimum absolute atomic E-state index is 0.0968. The molecule has 162 valence electrons. The largest absolute Gasteiger partial charge is 0.508 e. The number of rotatable bonds is 4. The number of carbonyl (C=O) groups excluding carboxylic acids is 1. The Kier molecular flexibility index (Phi) is 5.51. The summed E-state index contributed by atoms with van der Waals surface area (Å²) in [7, 11) is 0. The van der Waals surface area contributed by atoms with E-state index in [-0.39, 0.29) is 35.6 Å². The molecular weight excluding hydrogens is 464 g/mol. The molecule has 5 heteroatoms. The van der Waals surface area contributed by atoms with Crippen molar-refractivity contribution < 1.29 is 9.90 Å². The summed E-state index contributed by atoms with van der Waals surface area (Å²) in [4.78, 5) is 13.3. The van der Waals surface area contributed by atoms with Gasteiger partial charge in [-0.1, -0.05) is 70.5 Å². The van der Waals surface area contributed by atoms with E-state index >= 15 is 0 Å². The topological polar surface area (TPSA) is 61.4 Å². The molecule has 3 N–H and O–H groups in total. The van der Waals surface area contributed by atoms with Crippen LogP contribution in [0.5, 0.6) is 5.75 Å². The maximum atomic E-state index is 13.3. The molecule has 2 aliphatic rings. The number of benzene rings is 3. The number of aromatic hydroxyl groups is 1. The zero-order chi connectivity index (χ0) is 22.2. The first kappa shape index (κ1) is 20.8. The summed E-state index contributed by atoms with van der Waals surface area (Å²) in [6, 6.07) is 21.2. The summed E-state index contributed by atoms with van der Waals surface area (Å²) in [6.07, 6.45) is 5.37. The van der Waals surface area contributed by atoms with Gasteiger partial charge < -0.3 is 15.7 Å². The fourth-order valence-electron chi connectivity index (χ4n) is 4.99. The Morgan fingerprint density at radius 2 is 1.91 bits per heavy atom. The molecule has 1 heterocycles. The molecule has 0 bridgehead atoms. The highest BCUT2D eigenvalue weighted by Gasteiger charge is 2.40. The van der Waals surface area contributed by atoms with E-state index in [4.69, 9.17) is 0 Å². The predicted octanol–water partition coefficient (Wildman–Crippen LogP) is 6.47. The van der Waals surface area contributed by atoms with Crippen LogP contribution in [0.4, 0.5) is 5.69 Å². The zero-order valence-electron chi connectivity index (χ0n) is 17.8. The minimum atomic E-state index is -0.108. The molecule has 0 spiro atoms. The first-order chi connectivity index (χ1) is 15.5. The maximum Gasteiger partial charge on any atom is 0.253 e. The smallest absolute Gasteiger partial charge is 0.253 e.